The second-order valence-electron chi connectivity index (χ2n) is 12.0. The van der Waals surface area contributed by atoms with Crippen molar-refractivity contribution in [3.05, 3.63) is 93.4 Å². The van der Waals surface area contributed by atoms with Gasteiger partial charge in [0.2, 0.25) is 0 Å². The number of methoxy groups -OCH3 is 1. The molecule has 2 aromatic heterocycles. The van der Waals surface area contributed by atoms with Crippen molar-refractivity contribution >= 4 is 28.0 Å². The molecular formula is C34H38N4O2. The summed E-state index contributed by atoms with van der Waals surface area (Å²) in [4.78, 5) is 18.9. The molecule has 0 bridgehead atoms. The summed E-state index contributed by atoms with van der Waals surface area (Å²) in [5.74, 6) is 1.57. The molecule has 40 heavy (non-hydrogen) atoms. The van der Waals surface area contributed by atoms with Crippen LogP contribution in [0.1, 0.15) is 62.9 Å². The number of para-hydroxylation sites is 2. The first kappa shape index (κ1) is 27.4. The normalized spacial score (nSPS) is 12.3. The summed E-state index contributed by atoms with van der Waals surface area (Å²) in [6.07, 6.45) is 1.82. The van der Waals surface area contributed by atoms with Gasteiger partial charge >= 0.3 is 0 Å². The third-order valence-electron chi connectivity index (χ3n) is 7.41. The van der Waals surface area contributed by atoms with Gasteiger partial charge in [-0.1, -0.05) is 65.0 Å². The maximum atomic E-state index is 13.9. The standard InChI is InChI=1S/C34H38N4O2/c1-21(2)26-18-27(22(3)17-31(26)40-8)32-36-29-15-11-9-14-25(29)33(39)38(32)35-19-28-23(4)37(20-34(5,6)7)30-16-12-10-13-24(28)30/h9-19,21H,20H2,1-8H3. The number of ether oxygens (including phenoxy) is 1. The van der Waals surface area contributed by atoms with Gasteiger partial charge in [-0.15, -0.1) is 0 Å². The monoisotopic (exact) mass is 534 g/mol. The van der Waals surface area contributed by atoms with Gasteiger partial charge in [0.25, 0.3) is 5.56 Å². The molecule has 206 valence electrons. The van der Waals surface area contributed by atoms with E-state index in [0.29, 0.717) is 16.7 Å². The van der Waals surface area contributed by atoms with Crippen LogP contribution in [0.25, 0.3) is 33.2 Å². The van der Waals surface area contributed by atoms with Crippen LogP contribution in [0.2, 0.25) is 0 Å². The molecule has 0 aliphatic heterocycles. The SMILES string of the molecule is COc1cc(C)c(-c2nc3ccccc3c(=O)n2N=Cc2c(C)n(CC(C)(C)C)c3ccccc23)cc1C(C)C. The molecule has 0 radical (unpaired) electrons. The third kappa shape index (κ3) is 4.94. The lowest BCUT2D eigenvalue weighted by Crippen LogP contribution is -2.21. The van der Waals surface area contributed by atoms with Crippen LogP contribution in [-0.4, -0.2) is 27.6 Å². The first-order chi connectivity index (χ1) is 19.0. The highest BCUT2D eigenvalue weighted by Gasteiger charge is 2.20. The fraction of sp³-hybridized carbons (Fsp3) is 0.324. The van der Waals surface area contributed by atoms with Crippen molar-refractivity contribution in [2.24, 2.45) is 10.5 Å². The highest BCUT2D eigenvalue weighted by Crippen LogP contribution is 2.34. The lowest BCUT2D eigenvalue weighted by Gasteiger charge is -2.21. The van der Waals surface area contributed by atoms with Crippen molar-refractivity contribution in [2.45, 2.75) is 60.9 Å². The highest BCUT2D eigenvalue weighted by molar-refractivity contribution is 6.01. The molecule has 0 aliphatic rings. The Hall–Kier alpha value is -4.19. The van der Waals surface area contributed by atoms with E-state index in [1.807, 2.05) is 43.5 Å². The quantitative estimate of drug-likeness (QED) is 0.210. The van der Waals surface area contributed by atoms with Gasteiger partial charge in [0, 0.05) is 34.3 Å². The van der Waals surface area contributed by atoms with Gasteiger partial charge in [-0.3, -0.25) is 4.79 Å². The third-order valence-corrected chi connectivity index (χ3v) is 7.41. The first-order valence-corrected chi connectivity index (χ1v) is 13.8. The average molecular weight is 535 g/mol. The van der Waals surface area contributed by atoms with Crippen LogP contribution < -0.4 is 10.3 Å². The molecular weight excluding hydrogens is 496 g/mol. The lowest BCUT2D eigenvalue weighted by molar-refractivity contribution is 0.346. The number of nitrogens with zero attached hydrogens (tertiary/aromatic N) is 4. The second kappa shape index (κ2) is 10.4. The molecule has 0 spiro atoms. The summed E-state index contributed by atoms with van der Waals surface area (Å²) in [5, 5.41) is 6.50. The second-order valence-corrected chi connectivity index (χ2v) is 12.0. The number of aromatic nitrogens is 3. The molecule has 0 amide bonds. The molecule has 5 rings (SSSR count). The molecule has 0 saturated carbocycles. The number of hydrogen-bond donors (Lipinski definition) is 0. The Morgan fingerprint density at radius 1 is 1.00 bits per heavy atom. The average Bonchev–Trinajstić information content (AvgIpc) is 3.17. The Kier molecular flexibility index (Phi) is 7.13. The number of fused-ring (bicyclic) bond motifs is 2. The Bertz CT molecular complexity index is 1820. The molecule has 3 aromatic carbocycles. The highest BCUT2D eigenvalue weighted by atomic mass is 16.5. The first-order valence-electron chi connectivity index (χ1n) is 13.8. The summed E-state index contributed by atoms with van der Waals surface area (Å²) in [6, 6.07) is 19.9. The van der Waals surface area contributed by atoms with Gasteiger partial charge in [0.05, 0.1) is 24.2 Å². The molecule has 0 N–H and O–H groups in total. The molecule has 0 saturated heterocycles. The Balaban J connectivity index is 1.77. The summed E-state index contributed by atoms with van der Waals surface area (Å²) >= 11 is 0. The van der Waals surface area contributed by atoms with Crippen LogP contribution in [0, 0.1) is 19.3 Å². The largest absolute Gasteiger partial charge is 0.496 e. The van der Waals surface area contributed by atoms with Gasteiger partial charge < -0.3 is 9.30 Å². The minimum atomic E-state index is -0.200. The summed E-state index contributed by atoms with van der Waals surface area (Å²) in [6.45, 7) is 16.0. The Labute approximate surface area is 235 Å². The van der Waals surface area contributed by atoms with Crippen LogP contribution >= 0.6 is 0 Å². The van der Waals surface area contributed by atoms with Gasteiger partial charge in [-0.25, -0.2) is 4.98 Å². The molecule has 0 unspecified atom stereocenters. The van der Waals surface area contributed by atoms with Gasteiger partial charge in [-0.05, 0) is 66.6 Å². The van der Waals surface area contributed by atoms with Crippen molar-refractivity contribution < 1.29 is 4.74 Å². The smallest absolute Gasteiger partial charge is 0.282 e. The van der Waals surface area contributed by atoms with E-state index >= 15 is 0 Å². The van der Waals surface area contributed by atoms with Gasteiger partial charge in [0.15, 0.2) is 5.82 Å². The number of aryl methyl sites for hydroxylation is 1. The molecule has 0 aliphatic carbocycles. The van der Waals surface area contributed by atoms with Crippen molar-refractivity contribution in [3.8, 4) is 17.1 Å². The van der Waals surface area contributed by atoms with Crippen LogP contribution in [0.15, 0.2) is 70.6 Å². The Morgan fingerprint density at radius 3 is 2.35 bits per heavy atom. The zero-order valence-corrected chi connectivity index (χ0v) is 24.7. The summed E-state index contributed by atoms with van der Waals surface area (Å²) < 4.78 is 9.48. The molecule has 6 heteroatoms. The topological polar surface area (TPSA) is 61.4 Å². The summed E-state index contributed by atoms with van der Waals surface area (Å²) in [5.41, 5.74) is 6.71. The molecule has 6 nitrogen and oxygen atoms in total. The minimum Gasteiger partial charge on any atom is -0.496 e. The van der Waals surface area contributed by atoms with Crippen molar-refractivity contribution in [1.29, 1.82) is 0 Å². The predicted molar refractivity (Wildman–Crippen MR) is 166 cm³/mol. The molecule has 2 heterocycles. The van der Waals surface area contributed by atoms with E-state index in [4.69, 9.17) is 14.8 Å². The van der Waals surface area contributed by atoms with Gasteiger partial charge in [-0.2, -0.15) is 9.78 Å². The number of hydrogen-bond acceptors (Lipinski definition) is 4. The van der Waals surface area contributed by atoms with Crippen molar-refractivity contribution in [1.82, 2.24) is 14.2 Å². The van der Waals surface area contributed by atoms with Crippen LogP contribution in [0.5, 0.6) is 5.75 Å². The van der Waals surface area contributed by atoms with E-state index in [2.05, 4.69) is 70.4 Å². The maximum Gasteiger partial charge on any atom is 0.282 e. The predicted octanol–water partition coefficient (Wildman–Crippen LogP) is 7.70. The zero-order chi connectivity index (χ0) is 28.8. The Morgan fingerprint density at radius 2 is 1.68 bits per heavy atom. The summed E-state index contributed by atoms with van der Waals surface area (Å²) in [7, 11) is 1.69. The molecule has 0 fully saturated rings. The van der Waals surface area contributed by atoms with E-state index in [9.17, 15) is 4.79 Å². The molecule has 0 atom stereocenters. The maximum absolute atomic E-state index is 13.9. The van der Waals surface area contributed by atoms with E-state index < -0.39 is 0 Å². The fourth-order valence-corrected chi connectivity index (χ4v) is 5.39. The lowest BCUT2D eigenvalue weighted by atomic mass is 9.96. The van der Waals surface area contributed by atoms with Crippen LogP contribution in [0.4, 0.5) is 0 Å². The minimum absolute atomic E-state index is 0.105. The van der Waals surface area contributed by atoms with Crippen molar-refractivity contribution in [2.75, 3.05) is 7.11 Å². The van der Waals surface area contributed by atoms with Crippen LogP contribution in [0.3, 0.4) is 0 Å². The van der Waals surface area contributed by atoms with Crippen molar-refractivity contribution in [3.63, 3.8) is 0 Å². The number of benzene rings is 3. The fourth-order valence-electron chi connectivity index (χ4n) is 5.39. The number of rotatable bonds is 6. The van der Waals surface area contributed by atoms with E-state index in [-0.39, 0.29) is 16.9 Å². The van der Waals surface area contributed by atoms with E-state index in [0.717, 1.165) is 51.1 Å². The zero-order valence-electron chi connectivity index (χ0n) is 24.7. The van der Waals surface area contributed by atoms with E-state index in [1.54, 1.807) is 13.2 Å². The van der Waals surface area contributed by atoms with Crippen LogP contribution in [-0.2, 0) is 6.54 Å². The van der Waals surface area contributed by atoms with E-state index in [1.165, 1.54) is 4.68 Å². The van der Waals surface area contributed by atoms with Gasteiger partial charge in [0.1, 0.15) is 5.75 Å². The molecule has 5 aromatic rings.